The van der Waals surface area contributed by atoms with Gasteiger partial charge in [-0.3, -0.25) is 4.79 Å². The molecule has 1 aromatic rings. The molecule has 2 N–H and O–H groups in total. The summed E-state index contributed by atoms with van der Waals surface area (Å²) < 4.78 is 6.69. The molecule has 5 heteroatoms. The van der Waals surface area contributed by atoms with Crippen molar-refractivity contribution in [2.75, 3.05) is 19.7 Å². The van der Waals surface area contributed by atoms with E-state index in [9.17, 15) is 4.79 Å². The number of hydrogen-bond acceptors (Lipinski definition) is 3. The fraction of sp³-hybridized carbons (Fsp3) is 0.400. The van der Waals surface area contributed by atoms with Crippen LogP contribution in [0.15, 0.2) is 27.8 Å². The fourth-order valence-corrected chi connectivity index (χ4v) is 3.01. The molecule has 0 radical (unpaired) electrons. The minimum absolute atomic E-state index is 0.00761. The van der Waals surface area contributed by atoms with Crippen molar-refractivity contribution in [2.45, 2.75) is 19.9 Å². The number of halogens is 1. The van der Waals surface area contributed by atoms with Gasteiger partial charge in [0.25, 0.3) is 0 Å². The third-order valence-electron chi connectivity index (χ3n) is 3.81. The zero-order valence-electron chi connectivity index (χ0n) is 11.4. The number of carbonyl (C=O) groups excluding carboxylic acids is 1. The smallest absolute Gasteiger partial charge is 0.247 e. The fourth-order valence-electron chi connectivity index (χ4n) is 2.46. The zero-order valence-corrected chi connectivity index (χ0v) is 13.0. The van der Waals surface area contributed by atoms with E-state index in [-0.39, 0.29) is 5.91 Å². The van der Waals surface area contributed by atoms with Crippen molar-refractivity contribution in [3.8, 4) is 5.75 Å². The van der Waals surface area contributed by atoms with E-state index in [1.54, 1.807) is 0 Å². The number of rotatable bonds is 3. The van der Waals surface area contributed by atoms with Gasteiger partial charge in [-0.05, 0) is 30.2 Å². The summed E-state index contributed by atoms with van der Waals surface area (Å²) in [6, 6.07) is 4.10. The molecule has 0 atom stereocenters. The summed E-state index contributed by atoms with van der Waals surface area (Å²) in [5.41, 5.74) is 4.26. The first-order chi connectivity index (χ1) is 9.65. The molecular weight excluding hydrogens is 320 g/mol. The summed E-state index contributed by atoms with van der Waals surface area (Å²) in [6.07, 6.45) is 0.935. The summed E-state index contributed by atoms with van der Waals surface area (Å²) in [5.74, 6) is 0.942. The molecule has 0 bridgehead atoms. The molecule has 3 rings (SSSR count). The van der Waals surface area contributed by atoms with Gasteiger partial charge in [0.15, 0.2) is 0 Å². The van der Waals surface area contributed by atoms with E-state index >= 15 is 0 Å². The van der Waals surface area contributed by atoms with Crippen molar-refractivity contribution in [1.82, 2.24) is 10.6 Å². The highest BCUT2D eigenvalue weighted by Crippen LogP contribution is 2.32. The number of nitrogens with one attached hydrogen (secondary N) is 2. The van der Waals surface area contributed by atoms with Crippen molar-refractivity contribution >= 4 is 21.8 Å². The lowest BCUT2D eigenvalue weighted by atomic mass is 10.0. The molecule has 106 valence electrons. The molecular formula is C15H17BrN2O2. The molecule has 0 aromatic heterocycles. The van der Waals surface area contributed by atoms with E-state index in [2.05, 4.69) is 32.6 Å². The maximum absolute atomic E-state index is 12.1. The Bertz CT molecular complexity index is 590. The Kier molecular flexibility index (Phi) is 3.81. The topological polar surface area (TPSA) is 50.4 Å². The first kappa shape index (κ1) is 13.6. The Morgan fingerprint density at radius 2 is 2.25 bits per heavy atom. The van der Waals surface area contributed by atoms with Crippen molar-refractivity contribution in [3.63, 3.8) is 0 Å². The normalized spacial score (nSPS) is 16.2. The maximum atomic E-state index is 12.1. The van der Waals surface area contributed by atoms with Crippen LogP contribution < -0.4 is 15.4 Å². The van der Waals surface area contributed by atoms with Gasteiger partial charge in [0.2, 0.25) is 5.91 Å². The van der Waals surface area contributed by atoms with Crippen LogP contribution in [0.2, 0.25) is 0 Å². The standard InChI is InChI=1S/C15H17BrN2O2/c1-9(12-6-17-7-12)15(19)18-8-11-5-13(16)4-10-2-3-20-14(10)11/h4-5,17H,2-3,6-8H2,1H3,(H,18,19). The molecule has 1 saturated heterocycles. The highest BCUT2D eigenvalue weighted by molar-refractivity contribution is 9.10. The van der Waals surface area contributed by atoms with Crippen molar-refractivity contribution in [3.05, 3.63) is 38.9 Å². The maximum Gasteiger partial charge on any atom is 0.247 e. The summed E-state index contributed by atoms with van der Waals surface area (Å²) in [7, 11) is 0. The lowest BCUT2D eigenvalue weighted by Crippen LogP contribution is -2.37. The van der Waals surface area contributed by atoms with E-state index in [0.29, 0.717) is 6.54 Å². The summed E-state index contributed by atoms with van der Waals surface area (Å²) in [4.78, 5) is 12.1. The van der Waals surface area contributed by atoms with Gasteiger partial charge in [0, 0.05) is 41.7 Å². The molecule has 0 spiro atoms. The van der Waals surface area contributed by atoms with Crippen LogP contribution >= 0.6 is 15.9 Å². The monoisotopic (exact) mass is 336 g/mol. The van der Waals surface area contributed by atoms with Crippen LogP contribution in [0.3, 0.4) is 0 Å². The lowest BCUT2D eigenvalue weighted by molar-refractivity contribution is -0.117. The Hall–Kier alpha value is -1.33. The van der Waals surface area contributed by atoms with Crippen LogP contribution in [0.4, 0.5) is 0 Å². The van der Waals surface area contributed by atoms with E-state index in [0.717, 1.165) is 47.5 Å². The third-order valence-corrected chi connectivity index (χ3v) is 4.27. The number of amides is 1. The van der Waals surface area contributed by atoms with E-state index in [4.69, 9.17) is 4.74 Å². The molecule has 0 unspecified atom stereocenters. The molecule has 2 aliphatic heterocycles. The minimum atomic E-state index is 0.00761. The van der Waals surface area contributed by atoms with Crippen LogP contribution in [0.1, 0.15) is 18.1 Å². The molecule has 0 aliphatic carbocycles. The number of hydrogen-bond donors (Lipinski definition) is 2. The third kappa shape index (κ3) is 2.60. The Labute approximate surface area is 126 Å². The van der Waals surface area contributed by atoms with Crippen LogP contribution in [-0.4, -0.2) is 25.6 Å². The average Bonchev–Trinajstić information content (AvgIpc) is 2.81. The highest BCUT2D eigenvalue weighted by atomic mass is 79.9. The number of carbonyl (C=O) groups is 1. The predicted octanol–water partition coefficient (Wildman–Crippen LogP) is 1.92. The minimum Gasteiger partial charge on any atom is -0.493 e. The highest BCUT2D eigenvalue weighted by Gasteiger charge is 2.19. The van der Waals surface area contributed by atoms with Crippen LogP contribution in [0, 0.1) is 0 Å². The number of fused-ring (bicyclic) bond motifs is 1. The molecule has 20 heavy (non-hydrogen) atoms. The average molecular weight is 337 g/mol. The van der Waals surface area contributed by atoms with E-state index in [1.165, 1.54) is 11.1 Å². The second kappa shape index (κ2) is 5.58. The van der Waals surface area contributed by atoms with Crippen molar-refractivity contribution in [1.29, 1.82) is 0 Å². The van der Waals surface area contributed by atoms with Crippen molar-refractivity contribution in [2.24, 2.45) is 0 Å². The Morgan fingerprint density at radius 3 is 2.95 bits per heavy atom. The predicted molar refractivity (Wildman–Crippen MR) is 80.8 cm³/mol. The van der Waals surface area contributed by atoms with Crippen molar-refractivity contribution < 1.29 is 9.53 Å². The van der Waals surface area contributed by atoms with Gasteiger partial charge in [-0.1, -0.05) is 15.9 Å². The zero-order chi connectivity index (χ0) is 14.1. The lowest BCUT2D eigenvalue weighted by Gasteiger charge is -2.21. The first-order valence-electron chi connectivity index (χ1n) is 6.77. The quantitative estimate of drug-likeness (QED) is 0.829. The van der Waals surface area contributed by atoms with Crippen LogP contribution in [0.25, 0.3) is 0 Å². The second-order valence-electron chi connectivity index (χ2n) is 5.17. The first-order valence-corrected chi connectivity index (χ1v) is 7.56. The molecule has 2 heterocycles. The second-order valence-corrected chi connectivity index (χ2v) is 6.08. The molecule has 1 amide bonds. The molecule has 4 nitrogen and oxygen atoms in total. The van der Waals surface area contributed by atoms with Gasteiger partial charge in [-0.25, -0.2) is 0 Å². The van der Waals surface area contributed by atoms with Gasteiger partial charge in [-0.2, -0.15) is 0 Å². The van der Waals surface area contributed by atoms with Crippen LogP contribution in [0.5, 0.6) is 5.75 Å². The van der Waals surface area contributed by atoms with E-state index < -0.39 is 0 Å². The Balaban J connectivity index is 1.71. The SMILES string of the molecule is CC(C(=O)NCc1cc(Br)cc2c1OCC2)=C1CNC1. The molecule has 2 aliphatic rings. The molecule has 0 saturated carbocycles. The summed E-state index contributed by atoms with van der Waals surface area (Å²) in [5, 5.41) is 6.13. The molecule has 1 fully saturated rings. The van der Waals surface area contributed by atoms with Gasteiger partial charge >= 0.3 is 0 Å². The Morgan fingerprint density at radius 1 is 1.45 bits per heavy atom. The van der Waals surface area contributed by atoms with E-state index in [1.807, 2.05) is 13.0 Å². The number of benzene rings is 1. The number of ether oxygens (including phenoxy) is 1. The van der Waals surface area contributed by atoms with Gasteiger partial charge in [0.1, 0.15) is 5.75 Å². The summed E-state index contributed by atoms with van der Waals surface area (Å²) >= 11 is 3.51. The molecule has 1 aromatic carbocycles. The summed E-state index contributed by atoms with van der Waals surface area (Å²) in [6.45, 7) is 4.76. The van der Waals surface area contributed by atoms with Gasteiger partial charge in [-0.15, -0.1) is 0 Å². The largest absolute Gasteiger partial charge is 0.493 e. The van der Waals surface area contributed by atoms with Gasteiger partial charge in [0.05, 0.1) is 6.61 Å². The van der Waals surface area contributed by atoms with Crippen LogP contribution in [-0.2, 0) is 17.8 Å². The van der Waals surface area contributed by atoms with Gasteiger partial charge < -0.3 is 15.4 Å².